The summed E-state index contributed by atoms with van der Waals surface area (Å²) >= 11 is 0. The second-order valence-electron chi connectivity index (χ2n) is 6.00. The van der Waals surface area contributed by atoms with Crippen LogP contribution in [0.5, 0.6) is 0 Å². The van der Waals surface area contributed by atoms with E-state index in [9.17, 15) is 9.00 Å². The summed E-state index contributed by atoms with van der Waals surface area (Å²) in [4.78, 5) is 13.6. The Balaban J connectivity index is 2.22. The summed E-state index contributed by atoms with van der Waals surface area (Å²) < 4.78 is 16.3. The minimum Gasteiger partial charge on any atom is -0.444 e. The molecule has 5 nitrogen and oxygen atoms in total. The van der Waals surface area contributed by atoms with E-state index >= 15 is 0 Å². The maximum absolute atomic E-state index is 11.9. The number of hydrogen-bond acceptors (Lipinski definition) is 4. The lowest BCUT2D eigenvalue weighted by Crippen LogP contribution is -2.38. The maximum Gasteiger partial charge on any atom is 0.410 e. The lowest BCUT2D eigenvalue weighted by Gasteiger charge is -2.24. The standard InChI is InChI=1S/C13H26N2O3S/c1-13(2,3)18-12(16)15-8-6-11(10-15)14-7-5-9-19(4)17/h11,14H,5-10H2,1-4H3. The zero-order chi connectivity index (χ0) is 14.5. The summed E-state index contributed by atoms with van der Waals surface area (Å²) in [6, 6.07) is 0.331. The molecule has 19 heavy (non-hydrogen) atoms. The molecule has 1 aliphatic rings. The van der Waals surface area contributed by atoms with Crippen LogP contribution in [0.4, 0.5) is 4.79 Å². The molecule has 0 aromatic heterocycles. The average molecular weight is 290 g/mol. The van der Waals surface area contributed by atoms with Gasteiger partial charge in [0, 0.05) is 41.9 Å². The highest BCUT2D eigenvalue weighted by Crippen LogP contribution is 2.15. The van der Waals surface area contributed by atoms with Crippen molar-refractivity contribution in [1.29, 1.82) is 0 Å². The van der Waals surface area contributed by atoms with E-state index in [-0.39, 0.29) is 6.09 Å². The fourth-order valence-electron chi connectivity index (χ4n) is 2.00. The van der Waals surface area contributed by atoms with E-state index in [1.165, 1.54) is 0 Å². The number of likely N-dealkylation sites (tertiary alicyclic amines) is 1. The van der Waals surface area contributed by atoms with Gasteiger partial charge in [0.15, 0.2) is 0 Å². The molecule has 0 aromatic carbocycles. The van der Waals surface area contributed by atoms with E-state index < -0.39 is 16.4 Å². The first-order valence-corrected chi connectivity index (χ1v) is 8.52. The van der Waals surface area contributed by atoms with Crippen LogP contribution in [0.25, 0.3) is 0 Å². The number of ether oxygens (including phenoxy) is 1. The normalized spacial score (nSPS) is 21.5. The third-order valence-electron chi connectivity index (χ3n) is 2.88. The molecule has 2 atom stereocenters. The van der Waals surface area contributed by atoms with Crippen LogP contribution in [0.1, 0.15) is 33.6 Å². The first-order valence-electron chi connectivity index (χ1n) is 6.79. The van der Waals surface area contributed by atoms with Crippen LogP contribution in [0.15, 0.2) is 0 Å². The van der Waals surface area contributed by atoms with Crippen molar-refractivity contribution in [3.8, 4) is 0 Å². The van der Waals surface area contributed by atoms with E-state index in [0.717, 1.165) is 31.7 Å². The highest BCUT2D eigenvalue weighted by molar-refractivity contribution is 7.84. The fourth-order valence-corrected chi connectivity index (χ4v) is 2.55. The number of nitrogens with one attached hydrogen (secondary N) is 1. The van der Waals surface area contributed by atoms with E-state index in [4.69, 9.17) is 4.74 Å². The van der Waals surface area contributed by atoms with E-state index in [0.29, 0.717) is 12.6 Å². The van der Waals surface area contributed by atoms with Gasteiger partial charge in [-0.1, -0.05) is 0 Å². The number of amides is 1. The second kappa shape index (κ2) is 7.24. The van der Waals surface area contributed by atoms with Crippen molar-refractivity contribution >= 4 is 16.9 Å². The van der Waals surface area contributed by atoms with Gasteiger partial charge < -0.3 is 15.0 Å². The first-order chi connectivity index (χ1) is 8.78. The van der Waals surface area contributed by atoms with Crippen molar-refractivity contribution in [1.82, 2.24) is 10.2 Å². The molecule has 0 saturated carbocycles. The van der Waals surface area contributed by atoms with Gasteiger partial charge in [-0.3, -0.25) is 4.21 Å². The van der Waals surface area contributed by atoms with E-state index in [1.54, 1.807) is 11.2 Å². The molecule has 0 bridgehead atoms. The second-order valence-corrected chi connectivity index (χ2v) is 7.55. The third kappa shape index (κ3) is 6.92. The highest BCUT2D eigenvalue weighted by Gasteiger charge is 2.29. The lowest BCUT2D eigenvalue weighted by atomic mass is 10.2. The number of nitrogens with zero attached hydrogens (tertiary/aromatic N) is 1. The number of rotatable bonds is 5. The Bertz CT molecular complexity index is 328. The van der Waals surface area contributed by atoms with Gasteiger partial charge in [-0.15, -0.1) is 0 Å². The molecule has 112 valence electrons. The van der Waals surface area contributed by atoms with Crippen molar-refractivity contribution in [2.24, 2.45) is 0 Å². The van der Waals surface area contributed by atoms with Crippen LogP contribution in [-0.2, 0) is 15.5 Å². The zero-order valence-electron chi connectivity index (χ0n) is 12.4. The molecular weight excluding hydrogens is 264 g/mol. The molecule has 1 N–H and O–H groups in total. The van der Waals surface area contributed by atoms with Crippen LogP contribution in [-0.4, -0.2) is 58.5 Å². The summed E-state index contributed by atoms with van der Waals surface area (Å²) in [7, 11) is -0.719. The molecule has 6 heteroatoms. The molecule has 0 spiro atoms. The first kappa shape index (κ1) is 16.4. The molecule has 1 rings (SSSR count). The van der Waals surface area contributed by atoms with Crippen molar-refractivity contribution < 1.29 is 13.7 Å². The fraction of sp³-hybridized carbons (Fsp3) is 0.923. The summed E-state index contributed by atoms with van der Waals surface area (Å²) in [5, 5.41) is 3.40. The Hall–Kier alpha value is -0.620. The van der Waals surface area contributed by atoms with Gasteiger partial charge in [-0.25, -0.2) is 4.79 Å². The molecule has 1 heterocycles. The number of hydrogen-bond donors (Lipinski definition) is 1. The molecule has 0 aliphatic carbocycles. The predicted molar refractivity (Wildman–Crippen MR) is 77.8 cm³/mol. The van der Waals surface area contributed by atoms with Crippen molar-refractivity contribution in [2.75, 3.05) is 31.6 Å². The molecular formula is C13H26N2O3S. The lowest BCUT2D eigenvalue weighted by molar-refractivity contribution is 0.0291. The van der Waals surface area contributed by atoms with Crippen LogP contribution < -0.4 is 5.32 Å². The number of carbonyl (C=O) groups excluding carboxylic acids is 1. The van der Waals surface area contributed by atoms with Gasteiger partial charge in [0.05, 0.1) is 0 Å². The maximum atomic E-state index is 11.9. The third-order valence-corrected chi connectivity index (χ3v) is 3.75. The Morgan fingerprint density at radius 2 is 2.16 bits per heavy atom. The summed E-state index contributed by atoms with van der Waals surface area (Å²) in [5.74, 6) is 0.732. The Morgan fingerprint density at radius 1 is 1.47 bits per heavy atom. The van der Waals surface area contributed by atoms with Gasteiger partial charge in [-0.2, -0.15) is 0 Å². The van der Waals surface area contributed by atoms with Gasteiger partial charge in [0.2, 0.25) is 0 Å². The minimum atomic E-state index is -0.719. The summed E-state index contributed by atoms with van der Waals surface area (Å²) in [6.45, 7) is 7.92. The van der Waals surface area contributed by atoms with Gasteiger partial charge >= 0.3 is 6.09 Å². The van der Waals surface area contributed by atoms with Crippen LogP contribution in [0.2, 0.25) is 0 Å². The average Bonchev–Trinajstić information content (AvgIpc) is 2.70. The van der Waals surface area contributed by atoms with Gasteiger partial charge in [0.25, 0.3) is 0 Å². The van der Waals surface area contributed by atoms with Crippen LogP contribution in [0.3, 0.4) is 0 Å². The SMILES string of the molecule is CS(=O)CCCNC1CCN(C(=O)OC(C)(C)C)C1. The molecule has 2 unspecified atom stereocenters. The Kier molecular flexibility index (Phi) is 6.26. The molecule has 1 saturated heterocycles. The number of carbonyl (C=O) groups is 1. The van der Waals surface area contributed by atoms with Crippen molar-refractivity contribution in [2.45, 2.75) is 45.3 Å². The van der Waals surface area contributed by atoms with Gasteiger partial charge in [0.1, 0.15) is 5.60 Å². The molecule has 1 amide bonds. The molecule has 1 fully saturated rings. The van der Waals surface area contributed by atoms with Crippen molar-refractivity contribution in [3.05, 3.63) is 0 Å². The van der Waals surface area contributed by atoms with Gasteiger partial charge in [-0.05, 0) is 40.2 Å². The highest BCUT2D eigenvalue weighted by atomic mass is 32.2. The Labute approximate surface area is 118 Å². The van der Waals surface area contributed by atoms with Crippen LogP contribution >= 0.6 is 0 Å². The summed E-state index contributed by atoms with van der Waals surface area (Å²) in [5.41, 5.74) is -0.437. The minimum absolute atomic E-state index is 0.230. The smallest absolute Gasteiger partial charge is 0.410 e. The van der Waals surface area contributed by atoms with Crippen molar-refractivity contribution in [3.63, 3.8) is 0 Å². The predicted octanol–water partition coefficient (Wildman–Crippen LogP) is 1.35. The zero-order valence-corrected chi connectivity index (χ0v) is 13.2. The molecule has 1 aliphatic heterocycles. The van der Waals surface area contributed by atoms with E-state index in [1.807, 2.05) is 20.8 Å². The monoisotopic (exact) mass is 290 g/mol. The topological polar surface area (TPSA) is 58.6 Å². The molecule has 0 radical (unpaired) electrons. The van der Waals surface area contributed by atoms with E-state index in [2.05, 4.69) is 5.32 Å². The van der Waals surface area contributed by atoms with Crippen LogP contribution in [0, 0.1) is 0 Å². The molecule has 0 aromatic rings. The Morgan fingerprint density at radius 3 is 2.74 bits per heavy atom. The quantitative estimate of drug-likeness (QED) is 0.777. The summed E-state index contributed by atoms with van der Waals surface area (Å²) in [6.07, 6.45) is 3.35. The largest absolute Gasteiger partial charge is 0.444 e.